The maximum absolute atomic E-state index is 3.57. The van der Waals surface area contributed by atoms with Crippen LogP contribution in [0.25, 0.3) is 0 Å². The van der Waals surface area contributed by atoms with Crippen LogP contribution >= 0.6 is 15.9 Å². The fourth-order valence-corrected chi connectivity index (χ4v) is 1.68. The van der Waals surface area contributed by atoms with Gasteiger partial charge in [-0.15, -0.1) is 0 Å². The molecule has 0 bridgehead atoms. The van der Waals surface area contributed by atoms with Crippen LogP contribution in [-0.4, -0.2) is 23.3 Å². The van der Waals surface area contributed by atoms with Crippen LogP contribution in [0.15, 0.2) is 0 Å². The summed E-state index contributed by atoms with van der Waals surface area (Å²) in [5.74, 6) is 0. The lowest BCUT2D eigenvalue weighted by Gasteiger charge is -2.24. The number of rotatable bonds is 0. The van der Waals surface area contributed by atoms with E-state index in [-0.39, 0.29) is 0 Å². The molecule has 1 fully saturated rings. The molecule has 0 amide bonds. The van der Waals surface area contributed by atoms with Gasteiger partial charge in [-0.25, -0.2) is 0 Å². The van der Waals surface area contributed by atoms with Crippen molar-refractivity contribution in [3.8, 4) is 0 Å². The van der Waals surface area contributed by atoms with Gasteiger partial charge in [-0.1, -0.05) is 15.9 Å². The summed E-state index contributed by atoms with van der Waals surface area (Å²) < 4.78 is 0. The second-order valence-corrected chi connectivity index (χ2v) is 3.59. The van der Waals surface area contributed by atoms with Crippen molar-refractivity contribution in [1.29, 1.82) is 0 Å². The first kappa shape index (κ1) is 6.56. The van der Waals surface area contributed by atoms with Crippen LogP contribution in [0.2, 0.25) is 0 Å². The lowest BCUT2D eigenvalue weighted by atomic mass is 10.1. The third-order valence-electron chi connectivity index (χ3n) is 1.41. The van der Waals surface area contributed by atoms with Gasteiger partial charge < -0.3 is 4.90 Å². The molecule has 0 aromatic carbocycles. The van der Waals surface area contributed by atoms with E-state index < -0.39 is 0 Å². The van der Waals surface area contributed by atoms with Crippen LogP contribution in [0.4, 0.5) is 0 Å². The van der Waals surface area contributed by atoms with E-state index >= 15 is 0 Å². The van der Waals surface area contributed by atoms with Crippen LogP contribution in [0.3, 0.4) is 0 Å². The number of likely N-dealkylation sites (tertiary alicyclic amines) is 1. The van der Waals surface area contributed by atoms with E-state index in [2.05, 4.69) is 34.4 Å². The smallest absolute Gasteiger partial charge is 0.0273 e. The second kappa shape index (κ2) is 2.83. The SMILES string of the molecule is CN1[CH]CCC(Br)C1. The molecule has 1 heterocycles. The van der Waals surface area contributed by atoms with E-state index in [0.29, 0.717) is 0 Å². The molecule has 0 saturated carbocycles. The van der Waals surface area contributed by atoms with Crippen LogP contribution in [-0.2, 0) is 0 Å². The van der Waals surface area contributed by atoms with Crippen molar-refractivity contribution >= 4 is 15.9 Å². The normalized spacial score (nSPS) is 33.0. The summed E-state index contributed by atoms with van der Waals surface area (Å²) in [7, 11) is 2.12. The molecule has 1 nitrogen and oxygen atoms in total. The van der Waals surface area contributed by atoms with Gasteiger partial charge in [0.05, 0.1) is 0 Å². The standard InChI is InChI=1S/C6H11BrN/c1-8-4-2-3-6(7)5-8/h4,6H,2-3,5H2,1H3. The Morgan fingerprint density at radius 1 is 1.75 bits per heavy atom. The largest absolute Gasteiger partial charge is 0.301 e. The van der Waals surface area contributed by atoms with Crippen molar-refractivity contribution < 1.29 is 0 Å². The van der Waals surface area contributed by atoms with E-state index in [0.717, 1.165) is 4.83 Å². The number of halogens is 1. The molecule has 0 aliphatic carbocycles. The molecule has 0 aromatic rings. The van der Waals surface area contributed by atoms with Crippen LogP contribution in [0.1, 0.15) is 12.8 Å². The first-order chi connectivity index (χ1) is 3.79. The molecule has 1 aliphatic rings. The first-order valence-electron chi connectivity index (χ1n) is 2.96. The number of hydrogen-bond donors (Lipinski definition) is 0. The molecule has 1 radical (unpaired) electrons. The summed E-state index contributed by atoms with van der Waals surface area (Å²) in [6.07, 6.45) is 2.52. The Morgan fingerprint density at radius 2 is 2.50 bits per heavy atom. The van der Waals surface area contributed by atoms with Crippen molar-refractivity contribution in [2.45, 2.75) is 17.7 Å². The number of alkyl halides is 1. The van der Waals surface area contributed by atoms with Crippen LogP contribution < -0.4 is 0 Å². The lowest BCUT2D eigenvalue weighted by Crippen LogP contribution is -2.28. The third kappa shape index (κ3) is 1.75. The fraction of sp³-hybridized carbons (Fsp3) is 0.833. The van der Waals surface area contributed by atoms with Crippen molar-refractivity contribution in [2.24, 2.45) is 0 Å². The zero-order valence-corrected chi connectivity index (χ0v) is 6.69. The first-order valence-corrected chi connectivity index (χ1v) is 3.88. The van der Waals surface area contributed by atoms with Gasteiger partial charge in [0.15, 0.2) is 0 Å². The summed E-state index contributed by atoms with van der Waals surface area (Å²) in [6.45, 7) is 3.41. The van der Waals surface area contributed by atoms with Gasteiger partial charge >= 0.3 is 0 Å². The quantitative estimate of drug-likeness (QED) is 0.508. The van der Waals surface area contributed by atoms with Gasteiger partial charge in [-0.3, -0.25) is 0 Å². The van der Waals surface area contributed by atoms with E-state index in [1.807, 2.05) is 0 Å². The average Bonchev–Trinajstić information content (AvgIpc) is 1.64. The Balaban J connectivity index is 2.23. The van der Waals surface area contributed by atoms with Crippen molar-refractivity contribution in [1.82, 2.24) is 4.90 Å². The van der Waals surface area contributed by atoms with E-state index in [4.69, 9.17) is 0 Å². The Bertz CT molecular complexity index is 66.9. The van der Waals surface area contributed by atoms with Crippen LogP contribution in [0.5, 0.6) is 0 Å². The molecular formula is C6H11BrN. The topological polar surface area (TPSA) is 3.24 Å². The minimum atomic E-state index is 0.720. The highest BCUT2D eigenvalue weighted by Gasteiger charge is 2.13. The Kier molecular flexibility index (Phi) is 2.32. The van der Waals surface area contributed by atoms with Gasteiger partial charge in [0.1, 0.15) is 0 Å². The van der Waals surface area contributed by atoms with Gasteiger partial charge in [0.2, 0.25) is 0 Å². The van der Waals surface area contributed by atoms with Crippen molar-refractivity contribution in [3.63, 3.8) is 0 Å². The fourth-order valence-electron chi connectivity index (χ4n) is 0.954. The maximum Gasteiger partial charge on any atom is 0.0273 e. The van der Waals surface area contributed by atoms with Crippen LogP contribution in [0, 0.1) is 6.54 Å². The number of nitrogens with zero attached hydrogens (tertiary/aromatic N) is 1. The zero-order chi connectivity index (χ0) is 5.98. The average molecular weight is 177 g/mol. The Labute approximate surface area is 59.2 Å². The monoisotopic (exact) mass is 176 g/mol. The predicted molar refractivity (Wildman–Crippen MR) is 38.9 cm³/mol. The number of piperidine rings is 1. The molecular weight excluding hydrogens is 166 g/mol. The van der Waals surface area contributed by atoms with Gasteiger partial charge in [-0.05, 0) is 19.9 Å². The molecule has 2 heteroatoms. The molecule has 1 saturated heterocycles. The lowest BCUT2D eigenvalue weighted by molar-refractivity contribution is 0.346. The molecule has 8 heavy (non-hydrogen) atoms. The van der Waals surface area contributed by atoms with Gasteiger partial charge in [-0.2, -0.15) is 0 Å². The minimum Gasteiger partial charge on any atom is -0.301 e. The zero-order valence-electron chi connectivity index (χ0n) is 5.10. The Hall–Kier alpha value is 0.440. The minimum absolute atomic E-state index is 0.720. The predicted octanol–water partition coefficient (Wildman–Crippen LogP) is 1.64. The molecule has 0 spiro atoms. The summed E-state index contributed by atoms with van der Waals surface area (Å²) in [5, 5.41) is 0. The molecule has 1 unspecified atom stereocenters. The molecule has 47 valence electrons. The summed E-state index contributed by atoms with van der Waals surface area (Å²) >= 11 is 3.57. The van der Waals surface area contributed by atoms with Gasteiger partial charge in [0.25, 0.3) is 0 Å². The summed E-state index contributed by atoms with van der Waals surface area (Å²) in [4.78, 5) is 2.96. The number of hydrogen-bond acceptors (Lipinski definition) is 1. The summed E-state index contributed by atoms with van der Waals surface area (Å²) in [5.41, 5.74) is 0. The highest BCUT2D eigenvalue weighted by molar-refractivity contribution is 9.09. The highest BCUT2D eigenvalue weighted by atomic mass is 79.9. The van der Waals surface area contributed by atoms with E-state index in [9.17, 15) is 0 Å². The molecule has 0 N–H and O–H groups in total. The molecule has 1 atom stereocenters. The molecule has 1 rings (SSSR count). The molecule has 0 aromatic heterocycles. The highest BCUT2D eigenvalue weighted by Crippen LogP contribution is 2.17. The molecule has 1 aliphatic heterocycles. The van der Waals surface area contributed by atoms with E-state index in [1.54, 1.807) is 0 Å². The Morgan fingerprint density at radius 3 is 2.88 bits per heavy atom. The maximum atomic E-state index is 3.57. The second-order valence-electron chi connectivity index (χ2n) is 2.30. The summed E-state index contributed by atoms with van der Waals surface area (Å²) in [6, 6.07) is 0. The third-order valence-corrected chi connectivity index (χ3v) is 2.15. The van der Waals surface area contributed by atoms with Gasteiger partial charge in [0, 0.05) is 17.9 Å². The van der Waals surface area contributed by atoms with Crippen molar-refractivity contribution in [2.75, 3.05) is 13.6 Å². The van der Waals surface area contributed by atoms with E-state index in [1.165, 1.54) is 19.4 Å². The van der Waals surface area contributed by atoms with Crippen molar-refractivity contribution in [3.05, 3.63) is 6.54 Å².